The second kappa shape index (κ2) is 5.09. The van der Waals surface area contributed by atoms with Crippen LogP contribution in [0.5, 0.6) is 0 Å². The molecule has 88 valence electrons. The van der Waals surface area contributed by atoms with Gasteiger partial charge in [0.15, 0.2) is 0 Å². The van der Waals surface area contributed by atoms with E-state index < -0.39 is 0 Å². The molecule has 1 aromatic rings. The molecule has 1 saturated carbocycles. The standard InChI is InChI=1S/C12H18ClN3/c1-3-8(2)10-14-11(16-12(13)15-10)9-6-4-5-7-9/h8-9H,3-7H2,1-2H3. The molecule has 1 atom stereocenters. The van der Waals surface area contributed by atoms with Gasteiger partial charge in [0.25, 0.3) is 0 Å². The van der Waals surface area contributed by atoms with Crippen molar-refractivity contribution in [1.82, 2.24) is 15.0 Å². The van der Waals surface area contributed by atoms with Crippen molar-refractivity contribution in [2.24, 2.45) is 0 Å². The van der Waals surface area contributed by atoms with E-state index in [1.807, 2.05) is 0 Å². The van der Waals surface area contributed by atoms with Crippen LogP contribution in [0.3, 0.4) is 0 Å². The minimum atomic E-state index is 0.354. The van der Waals surface area contributed by atoms with Gasteiger partial charge in [0, 0.05) is 11.8 Å². The second-order valence-electron chi connectivity index (χ2n) is 4.61. The van der Waals surface area contributed by atoms with E-state index in [0.717, 1.165) is 18.1 Å². The topological polar surface area (TPSA) is 38.7 Å². The molecular formula is C12H18ClN3. The zero-order chi connectivity index (χ0) is 11.5. The van der Waals surface area contributed by atoms with Gasteiger partial charge in [0.05, 0.1) is 0 Å². The first-order valence-electron chi connectivity index (χ1n) is 6.12. The predicted molar refractivity (Wildman–Crippen MR) is 64.8 cm³/mol. The summed E-state index contributed by atoms with van der Waals surface area (Å²) < 4.78 is 0. The van der Waals surface area contributed by atoms with Crippen molar-refractivity contribution in [2.75, 3.05) is 0 Å². The van der Waals surface area contributed by atoms with Crippen LogP contribution in [-0.4, -0.2) is 15.0 Å². The van der Waals surface area contributed by atoms with Gasteiger partial charge in [0.1, 0.15) is 11.6 Å². The summed E-state index contributed by atoms with van der Waals surface area (Å²) in [5.41, 5.74) is 0. The van der Waals surface area contributed by atoms with E-state index >= 15 is 0 Å². The maximum absolute atomic E-state index is 5.97. The third-order valence-corrected chi connectivity index (χ3v) is 3.59. The van der Waals surface area contributed by atoms with Crippen molar-refractivity contribution in [3.63, 3.8) is 0 Å². The summed E-state index contributed by atoms with van der Waals surface area (Å²) in [6.45, 7) is 4.27. The van der Waals surface area contributed by atoms with Crippen LogP contribution in [0.4, 0.5) is 0 Å². The lowest BCUT2D eigenvalue weighted by atomic mass is 10.1. The molecule has 2 rings (SSSR count). The van der Waals surface area contributed by atoms with E-state index in [1.165, 1.54) is 25.7 Å². The highest BCUT2D eigenvalue weighted by Crippen LogP contribution is 2.32. The van der Waals surface area contributed by atoms with E-state index in [4.69, 9.17) is 11.6 Å². The molecule has 0 bridgehead atoms. The summed E-state index contributed by atoms with van der Waals surface area (Å²) in [6, 6.07) is 0. The van der Waals surface area contributed by atoms with Gasteiger partial charge in [-0.05, 0) is 30.9 Å². The number of hydrogen-bond donors (Lipinski definition) is 0. The van der Waals surface area contributed by atoms with Crippen molar-refractivity contribution in [3.8, 4) is 0 Å². The van der Waals surface area contributed by atoms with Crippen LogP contribution >= 0.6 is 11.6 Å². The first-order valence-corrected chi connectivity index (χ1v) is 6.50. The highest BCUT2D eigenvalue weighted by molar-refractivity contribution is 6.28. The Kier molecular flexibility index (Phi) is 3.74. The summed E-state index contributed by atoms with van der Waals surface area (Å²) in [5, 5.41) is 0.354. The molecule has 3 nitrogen and oxygen atoms in total. The predicted octanol–water partition coefficient (Wildman–Crippen LogP) is 3.70. The van der Waals surface area contributed by atoms with Crippen molar-refractivity contribution in [1.29, 1.82) is 0 Å². The molecule has 0 aliphatic heterocycles. The molecule has 1 aromatic heterocycles. The summed E-state index contributed by atoms with van der Waals surface area (Å²) in [4.78, 5) is 13.1. The van der Waals surface area contributed by atoms with Crippen molar-refractivity contribution >= 4 is 11.6 Å². The third-order valence-electron chi connectivity index (χ3n) is 3.42. The molecule has 4 heteroatoms. The van der Waals surface area contributed by atoms with Crippen LogP contribution in [0.15, 0.2) is 0 Å². The average molecular weight is 240 g/mol. The van der Waals surface area contributed by atoms with E-state index in [1.54, 1.807) is 0 Å². The lowest BCUT2D eigenvalue weighted by Crippen LogP contribution is -2.08. The Morgan fingerprint density at radius 2 is 1.94 bits per heavy atom. The Bertz CT molecular complexity index is 361. The molecule has 0 saturated heterocycles. The Morgan fingerprint density at radius 1 is 1.25 bits per heavy atom. The molecule has 0 N–H and O–H groups in total. The maximum atomic E-state index is 5.97. The lowest BCUT2D eigenvalue weighted by molar-refractivity contribution is 0.614. The second-order valence-corrected chi connectivity index (χ2v) is 4.95. The molecule has 1 heterocycles. The first-order chi connectivity index (χ1) is 7.70. The Hall–Kier alpha value is -0.700. The monoisotopic (exact) mass is 239 g/mol. The number of hydrogen-bond acceptors (Lipinski definition) is 3. The third kappa shape index (κ3) is 2.51. The van der Waals surface area contributed by atoms with Gasteiger partial charge in [-0.3, -0.25) is 0 Å². The Balaban J connectivity index is 2.27. The van der Waals surface area contributed by atoms with E-state index in [9.17, 15) is 0 Å². The Morgan fingerprint density at radius 3 is 2.56 bits per heavy atom. The SMILES string of the molecule is CCC(C)c1nc(Cl)nc(C2CCCC2)n1. The van der Waals surface area contributed by atoms with E-state index in [-0.39, 0.29) is 0 Å². The molecule has 1 unspecified atom stereocenters. The van der Waals surface area contributed by atoms with Gasteiger partial charge in [-0.1, -0.05) is 26.7 Å². The van der Waals surface area contributed by atoms with Crippen LogP contribution in [0.1, 0.15) is 69.4 Å². The van der Waals surface area contributed by atoms with E-state index in [0.29, 0.717) is 17.1 Å². The number of halogens is 1. The van der Waals surface area contributed by atoms with Gasteiger partial charge in [-0.2, -0.15) is 0 Å². The Labute approximate surface area is 102 Å². The summed E-state index contributed by atoms with van der Waals surface area (Å²) in [6.07, 6.45) is 5.99. The van der Waals surface area contributed by atoms with Crippen LogP contribution in [0, 0.1) is 0 Å². The molecule has 0 amide bonds. The molecule has 16 heavy (non-hydrogen) atoms. The van der Waals surface area contributed by atoms with Crippen LogP contribution in [-0.2, 0) is 0 Å². The maximum Gasteiger partial charge on any atom is 0.225 e. The summed E-state index contributed by atoms with van der Waals surface area (Å²) in [5.74, 6) is 2.63. The van der Waals surface area contributed by atoms with Gasteiger partial charge >= 0.3 is 0 Å². The largest absolute Gasteiger partial charge is 0.225 e. The first kappa shape index (κ1) is 11.8. The zero-order valence-corrected chi connectivity index (χ0v) is 10.7. The minimum Gasteiger partial charge on any atom is -0.217 e. The number of nitrogens with zero attached hydrogens (tertiary/aromatic N) is 3. The normalized spacial score (nSPS) is 18.9. The van der Waals surface area contributed by atoms with Gasteiger partial charge in [0.2, 0.25) is 5.28 Å². The fourth-order valence-electron chi connectivity index (χ4n) is 2.15. The van der Waals surface area contributed by atoms with Crippen LogP contribution < -0.4 is 0 Å². The van der Waals surface area contributed by atoms with Gasteiger partial charge in [-0.25, -0.2) is 15.0 Å². The molecule has 1 aliphatic rings. The van der Waals surface area contributed by atoms with Crippen molar-refractivity contribution < 1.29 is 0 Å². The molecule has 0 aromatic carbocycles. The number of rotatable bonds is 3. The van der Waals surface area contributed by atoms with Crippen LogP contribution in [0.25, 0.3) is 0 Å². The minimum absolute atomic E-state index is 0.354. The number of aromatic nitrogens is 3. The van der Waals surface area contributed by atoms with Crippen molar-refractivity contribution in [2.45, 2.75) is 57.8 Å². The highest BCUT2D eigenvalue weighted by atomic mass is 35.5. The van der Waals surface area contributed by atoms with Gasteiger partial charge in [-0.15, -0.1) is 0 Å². The molecule has 1 fully saturated rings. The quantitative estimate of drug-likeness (QED) is 0.808. The fraction of sp³-hybridized carbons (Fsp3) is 0.750. The summed E-state index contributed by atoms with van der Waals surface area (Å²) in [7, 11) is 0. The lowest BCUT2D eigenvalue weighted by Gasteiger charge is -2.12. The molecular weight excluding hydrogens is 222 g/mol. The fourth-order valence-corrected chi connectivity index (χ4v) is 2.32. The van der Waals surface area contributed by atoms with Gasteiger partial charge < -0.3 is 0 Å². The average Bonchev–Trinajstić information content (AvgIpc) is 2.80. The van der Waals surface area contributed by atoms with Crippen LogP contribution in [0.2, 0.25) is 5.28 Å². The summed E-state index contributed by atoms with van der Waals surface area (Å²) >= 11 is 5.97. The molecule has 0 radical (unpaired) electrons. The van der Waals surface area contributed by atoms with E-state index in [2.05, 4.69) is 28.8 Å². The molecule has 1 aliphatic carbocycles. The molecule has 0 spiro atoms. The highest BCUT2D eigenvalue weighted by Gasteiger charge is 2.22. The van der Waals surface area contributed by atoms with Crippen molar-refractivity contribution in [3.05, 3.63) is 16.9 Å². The zero-order valence-electron chi connectivity index (χ0n) is 9.91. The smallest absolute Gasteiger partial charge is 0.217 e.